The number of anilines is 1. The van der Waals surface area contributed by atoms with Gasteiger partial charge in [-0.05, 0) is 37.5 Å². The number of fused-ring (bicyclic) bond motifs is 1. The fraction of sp³-hybridized carbons (Fsp3) is 0.364. The number of aromatic nitrogens is 2. The van der Waals surface area contributed by atoms with Crippen molar-refractivity contribution in [1.82, 2.24) is 9.97 Å². The molecule has 1 aliphatic carbocycles. The maximum atomic E-state index is 6.26. The largest absolute Gasteiger partial charge is 0.383 e. The third-order valence-electron chi connectivity index (χ3n) is 5.40. The molecule has 25 heavy (non-hydrogen) atoms. The number of benzene rings is 1. The molecule has 1 fully saturated rings. The minimum Gasteiger partial charge on any atom is -0.383 e. The lowest BCUT2D eigenvalue weighted by Gasteiger charge is -2.21. The highest BCUT2D eigenvalue weighted by atomic mass is 14.8. The zero-order valence-corrected chi connectivity index (χ0v) is 14.8. The third-order valence-corrected chi connectivity index (χ3v) is 5.40. The highest BCUT2D eigenvalue weighted by molar-refractivity contribution is 5.96. The smallest absolute Gasteiger partial charge is 0.131 e. The molecule has 1 saturated carbocycles. The predicted octanol–water partition coefficient (Wildman–Crippen LogP) is 5.49. The van der Waals surface area contributed by atoms with Crippen LogP contribution in [0.1, 0.15) is 56.3 Å². The van der Waals surface area contributed by atoms with Gasteiger partial charge >= 0.3 is 0 Å². The first-order valence-electron chi connectivity index (χ1n) is 9.41. The van der Waals surface area contributed by atoms with E-state index in [9.17, 15) is 0 Å². The number of nitrogen functional groups attached to an aromatic ring is 1. The molecule has 0 spiro atoms. The van der Waals surface area contributed by atoms with Crippen molar-refractivity contribution in [3.8, 4) is 11.1 Å². The molecular formula is C22H25N3. The highest BCUT2D eigenvalue weighted by Gasteiger charge is 2.18. The van der Waals surface area contributed by atoms with E-state index in [2.05, 4.69) is 54.4 Å². The zero-order valence-electron chi connectivity index (χ0n) is 14.8. The van der Waals surface area contributed by atoms with E-state index in [1.807, 2.05) is 0 Å². The van der Waals surface area contributed by atoms with E-state index in [0.29, 0.717) is 11.7 Å². The lowest BCUT2D eigenvalue weighted by molar-refractivity contribution is 0.437. The monoisotopic (exact) mass is 331 g/mol. The van der Waals surface area contributed by atoms with Gasteiger partial charge in [-0.1, -0.05) is 50.5 Å². The van der Waals surface area contributed by atoms with Gasteiger partial charge in [-0.2, -0.15) is 0 Å². The Hall–Kier alpha value is -2.42. The van der Waals surface area contributed by atoms with Crippen LogP contribution in [0.15, 0.2) is 42.5 Å². The Morgan fingerprint density at radius 1 is 0.920 bits per heavy atom. The second-order valence-electron chi connectivity index (χ2n) is 7.04. The first-order chi connectivity index (χ1) is 12.3. The minimum absolute atomic E-state index is 0.594. The molecule has 0 saturated heterocycles. The SMILES string of the molecule is CCc1ccc(-c2cccc3ccc(C4CCCCC4)nc23)c(N)n1. The Morgan fingerprint density at radius 2 is 1.76 bits per heavy atom. The van der Waals surface area contributed by atoms with Crippen molar-refractivity contribution in [3.05, 3.63) is 53.9 Å². The fourth-order valence-corrected chi connectivity index (χ4v) is 3.95. The summed E-state index contributed by atoms with van der Waals surface area (Å²) >= 11 is 0. The van der Waals surface area contributed by atoms with Crippen molar-refractivity contribution in [2.45, 2.75) is 51.4 Å². The molecule has 3 heteroatoms. The Balaban J connectivity index is 1.83. The molecule has 0 unspecified atom stereocenters. The van der Waals surface area contributed by atoms with Crippen molar-refractivity contribution in [1.29, 1.82) is 0 Å². The van der Waals surface area contributed by atoms with Gasteiger partial charge in [0.15, 0.2) is 0 Å². The molecule has 0 bridgehead atoms. The van der Waals surface area contributed by atoms with E-state index < -0.39 is 0 Å². The predicted molar refractivity (Wildman–Crippen MR) is 105 cm³/mol. The van der Waals surface area contributed by atoms with E-state index in [1.165, 1.54) is 37.8 Å². The molecule has 2 heterocycles. The topological polar surface area (TPSA) is 51.8 Å². The molecule has 0 amide bonds. The number of nitrogens with zero attached hydrogens (tertiary/aromatic N) is 2. The maximum Gasteiger partial charge on any atom is 0.131 e. The van der Waals surface area contributed by atoms with Crippen LogP contribution in [0.2, 0.25) is 0 Å². The van der Waals surface area contributed by atoms with Gasteiger partial charge in [0, 0.05) is 33.8 Å². The number of hydrogen-bond donors (Lipinski definition) is 1. The first kappa shape index (κ1) is 16.1. The number of rotatable bonds is 3. The first-order valence-corrected chi connectivity index (χ1v) is 9.41. The van der Waals surface area contributed by atoms with Gasteiger partial charge in [-0.3, -0.25) is 4.98 Å². The zero-order chi connectivity index (χ0) is 17.2. The lowest BCUT2D eigenvalue weighted by atomic mass is 9.86. The number of nitrogens with two attached hydrogens (primary N) is 1. The van der Waals surface area contributed by atoms with Gasteiger partial charge in [0.25, 0.3) is 0 Å². The molecule has 128 valence electrons. The second kappa shape index (κ2) is 6.83. The molecule has 4 rings (SSSR count). The molecule has 0 aliphatic heterocycles. The van der Waals surface area contributed by atoms with Crippen molar-refractivity contribution >= 4 is 16.7 Å². The van der Waals surface area contributed by atoms with Crippen LogP contribution >= 0.6 is 0 Å². The average molecular weight is 331 g/mol. The quantitative estimate of drug-likeness (QED) is 0.690. The molecule has 2 N–H and O–H groups in total. The normalized spacial score (nSPS) is 15.6. The molecule has 2 aromatic heterocycles. The van der Waals surface area contributed by atoms with E-state index in [1.54, 1.807) is 0 Å². The van der Waals surface area contributed by atoms with E-state index in [4.69, 9.17) is 10.7 Å². The average Bonchev–Trinajstić information content (AvgIpc) is 2.68. The van der Waals surface area contributed by atoms with Gasteiger partial charge in [-0.15, -0.1) is 0 Å². The fourth-order valence-electron chi connectivity index (χ4n) is 3.95. The summed E-state index contributed by atoms with van der Waals surface area (Å²) in [5, 5.41) is 1.16. The minimum atomic E-state index is 0.594. The summed E-state index contributed by atoms with van der Waals surface area (Å²) in [5.74, 6) is 1.20. The number of pyridine rings is 2. The molecule has 3 nitrogen and oxygen atoms in total. The van der Waals surface area contributed by atoms with Crippen LogP contribution in [0, 0.1) is 0 Å². The van der Waals surface area contributed by atoms with E-state index >= 15 is 0 Å². The molecule has 0 atom stereocenters. The molecular weight excluding hydrogens is 306 g/mol. The van der Waals surface area contributed by atoms with Gasteiger partial charge < -0.3 is 5.73 Å². The van der Waals surface area contributed by atoms with Crippen LogP contribution < -0.4 is 5.73 Å². The summed E-state index contributed by atoms with van der Waals surface area (Å²) in [4.78, 5) is 9.61. The van der Waals surface area contributed by atoms with Crippen LogP contribution in [-0.2, 0) is 6.42 Å². The van der Waals surface area contributed by atoms with Crippen molar-refractivity contribution in [2.75, 3.05) is 5.73 Å². The summed E-state index contributed by atoms with van der Waals surface area (Å²) in [6.07, 6.45) is 7.42. The van der Waals surface area contributed by atoms with Crippen LogP contribution in [0.3, 0.4) is 0 Å². The summed E-state index contributed by atoms with van der Waals surface area (Å²) in [5.41, 5.74) is 11.6. The Morgan fingerprint density at radius 3 is 2.52 bits per heavy atom. The van der Waals surface area contributed by atoms with Crippen LogP contribution in [-0.4, -0.2) is 9.97 Å². The number of hydrogen-bond acceptors (Lipinski definition) is 3. The van der Waals surface area contributed by atoms with Gasteiger partial charge in [-0.25, -0.2) is 4.98 Å². The lowest BCUT2D eigenvalue weighted by Crippen LogP contribution is -2.06. The van der Waals surface area contributed by atoms with Crippen molar-refractivity contribution in [2.24, 2.45) is 0 Å². The Bertz CT molecular complexity index is 895. The molecule has 1 aliphatic rings. The van der Waals surface area contributed by atoms with E-state index in [-0.39, 0.29) is 0 Å². The molecule has 3 aromatic rings. The molecule has 1 aromatic carbocycles. The standard InChI is InChI=1S/C22H25N3/c1-2-17-12-13-19(22(23)24-17)18-10-6-9-16-11-14-20(25-21(16)18)15-7-4-3-5-8-15/h6,9-15H,2-5,7-8H2,1H3,(H2,23,24). The Labute approximate surface area is 149 Å². The summed E-state index contributed by atoms with van der Waals surface area (Å²) in [6.45, 7) is 2.09. The molecule has 0 radical (unpaired) electrons. The number of para-hydroxylation sites is 1. The maximum absolute atomic E-state index is 6.26. The van der Waals surface area contributed by atoms with Gasteiger partial charge in [0.05, 0.1) is 5.52 Å². The highest BCUT2D eigenvalue weighted by Crippen LogP contribution is 2.35. The van der Waals surface area contributed by atoms with Gasteiger partial charge in [0.1, 0.15) is 5.82 Å². The summed E-state index contributed by atoms with van der Waals surface area (Å²) in [6, 6.07) is 14.9. The second-order valence-corrected chi connectivity index (χ2v) is 7.04. The van der Waals surface area contributed by atoms with Crippen LogP contribution in [0.4, 0.5) is 5.82 Å². The Kier molecular flexibility index (Phi) is 4.39. The number of aryl methyl sites for hydroxylation is 1. The van der Waals surface area contributed by atoms with Crippen LogP contribution in [0.25, 0.3) is 22.0 Å². The van der Waals surface area contributed by atoms with Crippen molar-refractivity contribution < 1.29 is 0 Å². The van der Waals surface area contributed by atoms with Gasteiger partial charge in [0.2, 0.25) is 0 Å². The summed E-state index contributed by atoms with van der Waals surface area (Å²) in [7, 11) is 0. The van der Waals surface area contributed by atoms with E-state index in [0.717, 1.165) is 34.1 Å². The van der Waals surface area contributed by atoms with Crippen LogP contribution in [0.5, 0.6) is 0 Å². The third kappa shape index (κ3) is 3.11. The van der Waals surface area contributed by atoms with Crippen molar-refractivity contribution in [3.63, 3.8) is 0 Å². The summed E-state index contributed by atoms with van der Waals surface area (Å²) < 4.78 is 0.